The van der Waals surface area contributed by atoms with Crippen LogP contribution in [0.2, 0.25) is 0 Å². The van der Waals surface area contributed by atoms with E-state index >= 15 is 0 Å². The SMILES string of the molecule is CCNC(Cc1nc(C(C)(C)C)cs1)c1cncnc1. The Morgan fingerprint density at radius 1 is 1.25 bits per heavy atom. The number of hydrogen-bond acceptors (Lipinski definition) is 5. The zero-order chi connectivity index (χ0) is 14.6. The highest BCUT2D eigenvalue weighted by Crippen LogP contribution is 2.26. The monoisotopic (exact) mass is 290 g/mol. The maximum absolute atomic E-state index is 4.77. The Bertz CT molecular complexity index is 530. The highest BCUT2D eigenvalue weighted by Gasteiger charge is 2.19. The molecule has 0 aromatic carbocycles. The van der Waals surface area contributed by atoms with Gasteiger partial charge in [-0.2, -0.15) is 0 Å². The highest BCUT2D eigenvalue weighted by molar-refractivity contribution is 7.09. The van der Waals surface area contributed by atoms with Crippen LogP contribution in [0.1, 0.15) is 50.0 Å². The maximum Gasteiger partial charge on any atom is 0.115 e. The summed E-state index contributed by atoms with van der Waals surface area (Å²) in [6.07, 6.45) is 6.19. The van der Waals surface area contributed by atoms with Gasteiger partial charge in [0.1, 0.15) is 6.33 Å². The summed E-state index contributed by atoms with van der Waals surface area (Å²) in [5.74, 6) is 0. The minimum Gasteiger partial charge on any atom is -0.310 e. The van der Waals surface area contributed by atoms with Crippen LogP contribution in [0, 0.1) is 0 Å². The average Bonchev–Trinajstić information content (AvgIpc) is 2.88. The Labute approximate surface area is 124 Å². The number of likely N-dealkylation sites (N-methyl/N-ethyl adjacent to an activating group) is 1. The van der Waals surface area contributed by atoms with Crippen molar-refractivity contribution in [3.63, 3.8) is 0 Å². The van der Waals surface area contributed by atoms with Crippen LogP contribution in [0.15, 0.2) is 24.1 Å². The van der Waals surface area contributed by atoms with Gasteiger partial charge < -0.3 is 5.32 Å². The molecule has 1 atom stereocenters. The van der Waals surface area contributed by atoms with Crippen molar-refractivity contribution in [1.82, 2.24) is 20.3 Å². The van der Waals surface area contributed by atoms with E-state index in [9.17, 15) is 0 Å². The van der Waals surface area contributed by atoms with Crippen molar-refractivity contribution < 1.29 is 0 Å². The molecule has 1 unspecified atom stereocenters. The molecular formula is C15H22N4S. The summed E-state index contributed by atoms with van der Waals surface area (Å²) in [7, 11) is 0. The van der Waals surface area contributed by atoms with Crippen molar-refractivity contribution in [3.8, 4) is 0 Å². The standard InChI is InChI=1S/C15H22N4S/c1-5-18-12(11-7-16-10-17-8-11)6-14-19-13(9-20-14)15(2,3)4/h7-10,12,18H,5-6H2,1-4H3. The molecule has 2 aromatic heterocycles. The molecular weight excluding hydrogens is 268 g/mol. The molecule has 2 rings (SSSR count). The Kier molecular flexibility index (Phi) is 4.83. The maximum atomic E-state index is 4.77. The predicted octanol–water partition coefficient (Wildman–Crippen LogP) is 3.12. The van der Waals surface area contributed by atoms with E-state index in [1.54, 1.807) is 17.7 Å². The van der Waals surface area contributed by atoms with Crippen LogP contribution in [0.4, 0.5) is 0 Å². The molecule has 0 aliphatic rings. The molecule has 0 aliphatic carbocycles. The van der Waals surface area contributed by atoms with Crippen molar-refractivity contribution in [2.24, 2.45) is 0 Å². The smallest absolute Gasteiger partial charge is 0.115 e. The molecule has 0 spiro atoms. The molecule has 1 N–H and O–H groups in total. The summed E-state index contributed by atoms with van der Waals surface area (Å²) >= 11 is 1.73. The lowest BCUT2D eigenvalue weighted by molar-refractivity contribution is 0.537. The highest BCUT2D eigenvalue weighted by atomic mass is 32.1. The first-order chi connectivity index (χ1) is 9.50. The first-order valence-electron chi connectivity index (χ1n) is 6.94. The predicted molar refractivity (Wildman–Crippen MR) is 83.0 cm³/mol. The second kappa shape index (κ2) is 6.41. The van der Waals surface area contributed by atoms with E-state index in [1.807, 2.05) is 12.4 Å². The lowest BCUT2D eigenvalue weighted by Crippen LogP contribution is -2.23. The van der Waals surface area contributed by atoms with Gasteiger partial charge in [0.25, 0.3) is 0 Å². The molecule has 20 heavy (non-hydrogen) atoms. The minimum atomic E-state index is 0.109. The molecule has 0 amide bonds. The van der Waals surface area contributed by atoms with Crippen LogP contribution in [0.25, 0.3) is 0 Å². The zero-order valence-corrected chi connectivity index (χ0v) is 13.4. The number of rotatable bonds is 5. The van der Waals surface area contributed by atoms with E-state index in [2.05, 4.69) is 48.4 Å². The fraction of sp³-hybridized carbons (Fsp3) is 0.533. The molecule has 0 saturated heterocycles. The Balaban J connectivity index is 2.15. The van der Waals surface area contributed by atoms with Gasteiger partial charge in [-0.1, -0.05) is 27.7 Å². The molecule has 5 heteroatoms. The fourth-order valence-corrected chi connectivity index (χ4v) is 3.04. The van der Waals surface area contributed by atoms with E-state index in [4.69, 9.17) is 4.98 Å². The molecule has 2 aromatic rings. The Hall–Kier alpha value is -1.33. The van der Waals surface area contributed by atoms with Gasteiger partial charge in [0.15, 0.2) is 0 Å². The second-order valence-electron chi connectivity index (χ2n) is 5.86. The topological polar surface area (TPSA) is 50.7 Å². The van der Waals surface area contributed by atoms with Crippen molar-refractivity contribution in [3.05, 3.63) is 40.4 Å². The van der Waals surface area contributed by atoms with Crippen LogP contribution >= 0.6 is 11.3 Å². The van der Waals surface area contributed by atoms with Crippen LogP contribution in [-0.4, -0.2) is 21.5 Å². The minimum absolute atomic E-state index is 0.109. The number of thiazole rings is 1. The number of nitrogens with one attached hydrogen (secondary N) is 1. The molecule has 4 nitrogen and oxygen atoms in total. The summed E-state index contributed by atoms with van der Waals surface area (Å²) in [4.78, 5) is 13.0. The average molecular weight is 290 g/mol. The van der Waals surface area contributed by atoms with Crippen molar-refractivity contribution in [2.75, 3.05) is 6.54 Å². The molecule has 2 heterocycles. The van der Waals surface area contributed by atoms with Crippen LogP contribution in [0.5, 0.6) is 0 Å². The molecule has 0 aliphatic heterocycles. The van der Waals surface area contributed by atoms with Gasteiger partial charge in [0.2, 0.25) is 0 Å². The van der Waals surface area contributed by atoms with Crippen molar-refractivity contribution in [2.45, 2.75) is 45.6 Å². The molecule has 0 bridgehead atoms. The summed E-state index contributed by atoms with van der Waals surface area (Å²) in [6, 6.07) is 0.222. The third-order valence-corrected chi connectivity index (χ3v) is 4.00. The lowest BCUT2D eigenvalue weighted by Gasteiger charge is -2.17. The van der Waals surface area contributed by atoms with E-state index in [-0.39, 0.29) is 11.5 Å². The Morgan fingerprint density at radius 2 is 1.95 bits per heavy atom. The summed E-state index contributed by atoms with van der Waals surface area (Å²) < 4.78 is 0. The van der Waals surface area contributed by atoms with Crippen LogP contribution in [-0.2, 0) is 11.8 Å². The summed E-state index contributed by atoms with van der Waals surface area (Å²) in [5, 5.41) is 6.81. The lowest BCUT2D eigenvalue weighted by atomic mass is 9.93. The molecule has 0 fully saturated rings. The quantitative estimate of drug-likeness (QED) is 0.919. The van der Waals surface area contributed by atoms with Crippen LogP contribution < -0.4 is 5.32 Å². The molecule has 108 valence electrons. The van der Waals surface area contributed by atoms with E-state index in [0.29, 0.717) is 0 Å². The van der Waals surface area contributed by atoms with Crippen molar-refractivity contribution in [1.29, 1.82) is 0 Å². The first kappa shape index (κ1) is 15.1. The third kappa shape index (κ3) is 3.84. The number of aromatic nitrogens is 3. The first-order valence-corrected chi connectivity index (χ1v) is 7.82. The van der Waals surface area contributed by atoms with Crippen molar-refractivity contribution >= 4 is 11.3 Å². The summed E-state index contributed by atoms with van der Waals surface area (Å²) in [5.41, 5.74) is 2.39. The molecule has 0 radical (unpaired) electrons. The number of nitrogens with zero attached hydrogens (tertiary/aromatic N) is 3. The van der Waals surface area contributed by atoms with E-state index in [1.165, 1.54) is 0 Å². The van der Waals surface area contributed by atoms with Crippen LogP contribution in [0.3, 0.4) is 0 Å². The largest absolute Gasteiger partial charge is 0.310 e. The molecule has 0 saturated carbocycles. The summed E-state index contributed by atoms with van der Waals surface area (Å²) in [6.45, 7) is 9.60. The van der Waals surface area contributed by atoms with Gasteiger partial charge in [-0.3, -0.25) is 0 Å². The fourth-order valence-electron chi connectivity index (χ4n) is 1.97. The third-order valence-electron chi connectivity index (χ3n) is 3.13. The van der Waals surface area contributed by atoms with E-state index < -0.39 is 0 Å². The second-order valence-corrected chi connectivity index (χ2v) is 6.81. The Morgan fingerprint density at radius 3 is 2.50 bits per heavy atom. The van der Waals surface area contributed by atoms with Gasteiger partial charge in [0, 0.05) is 41.2 Å². The van der Waals surface area contributed by atoms with Gasteiger partial charge in [-0.15, -0.1) is 11.3 Å². The van der Waals surface area contributed by atoms with Gasteiger partial charge in [0.05, 0.1) is 10.7 Å². The van der Waals surface area contributed by atoms with Gasteiger partial charge in [-0.05, 0) is 6.54 Å². The number of hydrogen-bond donors (Lipinski definition) is 1. The van der Waals surface area contributed by atoms with E-state index in [0.717, 1.165) is 29.2 Å². The normalized spacial score (nSPS) is 13.4. The zero-order valence-electron chi connectivity index (χ0n) is 12.6. The van der Waals surface area contributed by atoms with Gasteiger partial charge in [-0.25, -0.2) is 15.0 Å². The van der Waals surface area contributed by atoms with Gasteiger partial charge >= 0.3 is 0 Å².